The van der Waals surface area contributed by atoms with Crippen molar-refractivity contribution >= 4 is 17.2 Å². The number of thiazole rings is 1. The average Bonchev–Trinajstić information content (AvgIpc) is 3.08. The van der Waals surface area contributed by atoms with E-state index >= 15 is 0 Å². The Kier molecular flexibility index (Phi) is 5.07. The van der Waals surface area contributed by atoms with Crippen molar-refractivity contribution in [3.8, 4) is 22.1 Å². The molecule has 0 aliphatic carbocycles. The molecule has 0 saturated heterocycles. The number of aromatic nitrogens is 1. The van der Waals surface area contributed by atoms with Crippen LogP contribution in [0.4, 0.5) is 0 Å². The van der Waals surface area contributed by atoms with E-state index in [1.807, 2.05) is 55.5 Å². The van der Waals surface area contributed by atoms with E-state index in [2.05, 4.69) is 10.3 Å². The highest BCUT2D eigenvalue weighted by Gasteiger charge is 2.17. The van der Waals surface area contributed by atoms with E-state index in [0.717, 1.165) is 34.1 Å². The molecular formula is C21H20N2O3S. The lowest BCUT2D eigenvalue weighted by Gasteiger charge is -2.16. The summed E-state index contributed by atoms with van der Waals surface area (Å²) in [6.07, 6.45) is 0.865. The highest BCUT2D eigenvalue weighted by atomic mass is 32.1. The van der Waals surface area contributed by atoms with Crippen LogP contribution in [0.3, 0.4) is 0 Å². The maximum Gasteiger partial charge on any atom is 0.271 e. The van der Waals surface area contributed by atoms with E-state index in [0.29, 0.717) is 18.9 Å². The van der Waals surface area contributed by atoms with Crippen LogP contribution in [-0.4, -0.2) is 24.1 Å². The standard InChI is InChI=1S/C21H20N2O3S/c1-14(16-8-9-18-19(12-16)26-11-5-10-25-18)22-20(24)17-13-27-21(23-17)15-6-3-2-4-7-15/h2-4,6-9,12-14H,5,10-11H2,1H3,(H,22,24). The van der Waals surface area contributed by atoms with Crippen LogP contribution in [0.1, 0.15) is 35.4 Å². The van der Waals surface area contributed by atoms with E-state index in [1.54, 1.807) is 5.38 Å². The topological polar surface area (TPSA) is 60.5 Å². The van der Waals surface area contributed by atoms with Gasteiger partial charge in [-0.1, -0.05) is 36.4 Å². The quantitative estimate of drug-likeness (QED) is 0.726. The minimum Gasteiger partial charge on any atom is -0.490 e. The number of ether oxygens (including phenoxy) is 2. The summed E-state index contributed by atoms with van der Waals surface area (Å²) in [7, 11) is 0. The summed E-state index contributed by atoms with van der Waals surface area (Å²) < 4.78 is 11.4. The molecule has 1 amide bonds. The minimum absolute atomic E-state index is 0.170. The molecule has 2 aromatic carbocycles. The summed E-state index contributed by atoms with van der Waals surface area (Å²) in [5.74, 6) is 1.29. The molecule has 0 bridgehead atoms. The molecule has 0 radical (unpaired) electrons. The number of hydrogen-bond acceptors (Lipinski definition) is 5. The van der Waals surface area contributed by atoms with Crippen LogP contribution in [0.2, 0.25) is 0 Å². The zero-order valence-corrected chi connectivity index (χ0v) is 15.8. The molecule has 5 nitrogen and oxygen atoms in total. The lowest BCUT2D eigenvalue weighted by molar-refractivity contribution is 0.0935. The lowest BCUT2D eigenvalue weighted by atomic mass is 10.1. The van der Waals surface area contributed by atoms with Crippen molar-refractivity contribution in [1.82, 2.24) is 10.3 Å². The smallest absolute Gasteiger partial charge is 0.271 e. The van der Waals surface area contributed by atoms with Gasteiger partial charge in [-0.25, -0.2) is 4.98 Å². The maximum absolute atomic E-state index is 12.6. The predicted molar refractivity (Wildman–Crippen MR) is 105 cm³/mol. The molecular weight excluding hydrogens is 360 g/mol. The van der Waals surface area contributed by atoms with Gasteiger partial charge in [-0.05, 0) is 24.6 Å². The molecule has 27 heavy (non-hydrogen) atoms. The molecule has 0 fully saturated rings. The number of nitrogens with zero attached hydrogens (tertiary/aromatic N) is 1. The first-order valence-electron chi connectivity index (χ1n) is 8.92. The second kappa shape index (κ2) is 7.80. The van der Waals surface area contributed by atoms with Gasteiger partial charge in [0.2, 0.25) is 0 Å². The maximum atomic E-state index is 12.6. The van der Waals surface area contributed by atoms with Gasteiger partial charge in [-0.2, -0.15) is 0 Å². The second-order valence-electron chi connectivity index (χ2n) is 6.36. The van der Waals surface area contributed by atoms with E-state index in [4.69, 9.17) is 9.47 Å². The Morgan fingerprint density at radius 1 is 1.11 bits per heavy atom. The van der Waals surface area contributed by atoms with E-state index < -0.39 is 0 Å². The summed E-state index contributed by atoms with van der Waals surface area (Å²) in [6.45, 7) is 3.24. The first kappa shape index (κ1) is 17.5. The van der Waals surface area contributed by atoms with Crippen LogP contribution in [0.25, 0.3) is 10.6 Å². The van der Waals surface area contributed by atoms with Gasteiger partial charge >= 0.3 is 0 Å². The third-order valence-corrected chi connectivity index (χ3v) is 5.27. The Morgan fingerprint density at radius 3 is 2.70 bits per heavy atom. The van der Waals surface area contributed by atoms with Crippen molar-refractivity contribution < 1.29 is 14.3 Å². The summed E-state index contributed by atoms with van der Waals surface area (Å²) in [4.78, 5) is 17.1. The number of rotatable bonds is 4. The molecule has 0 spiro atoms. The average molecular weight is 380 g/mol. The van der Waals surface area contributed by atoms with Gasteiger partial charge in [0.1, 0.15) is 10.7 Å². The van der Waals surface area contributed by atoms with E-state index in [-0.39, 0.29) is 11.9 Å². The molecule has 2 heterocycles. The summed E-state index contributed by atoms with van der Waals surface area (Å²) in [6, 6.07) is 15.5. The van der Waals surface area contributed by atoms with Crippen LogP contribution in [0, 0.1) is 0 Å². The normalized spacial score (nSPS) is 14.3. The van der Waals surface area contributed by atoms with Crippen molar-refractivity contribution in [2.24, 2.45) is 0 Å². The SMILES string of the molecule is CC(NC(=O)c1csc(-c2ccccc2)n1)c1ccc2c(c1)OCCCO2. The third-order valence-electron chi connectivity index (χ3n) is 4.38. The van der Waals surface area contributed by atoms with Crippen molar-refractivity contribution in [1.29, 1.82) is 0 Å². The molecule has 1 aliphatic heterocycles. The van der Waals surface area contributed by atoms with Gasteiger partial charge < -0.3 is 14.8 Å². The van der Waals surface area contributed by atoms with Gasteiger partial charge in [0.25, 0.3) is 5.91 Å². The zero-order chi connectivity index (χ0) is 18.6. The number of hydrogen-bond donors (Lipinski definition) is 1. The van der Waals surface area contributed by atoms with Crippen molar-refractivity contribution in [2.75, 3.05) is 13.2 Å². The van der Waals surface area contributed by atoms with Gasteiger partial charge in [0, 0.05) is 17.4 Å². The molecule has 1 unspecified atom stereocenters. The number of benzene rings is 2. The fourth-order valence-corrected chi connectivity index (χ4v) is 3.70. The van der Waals surface area contributed by atoms with Crippen LogP contribution in [0.5, 0.6) is 11.5 Å². The number of nitrogens with one attached hydrogen (secondary N) is 1. The van der Waals surface area contributed by atoms with E-state index in [9.17, 15) is 4.79 Å². The second-order valence-corrected chi connectivity index (χ2v) is 7.21. The minimum atomic E-state index is -0.187. The lowest BCUT2D eigenvalue weighted by Crippen LogP contribution is -2.26. The summed E-state index contributed by atoms with van der Waals surface area (Å²) in [5, 5.41) is 5.64. The van der Waals surface area contributed by atoms with Gasteiger partial charge in [-0.15, -0.1) is 11.3 Å². The molecule has 1 aliphatic rings. The molecule has 0 saturated carbocycles. The summed E-state index contributed by atoms with van der Waals surface area (Å²) >= 11 is 1.47. The van der Waals surface area contributed by atoms with Gasteiger partial charge in [0.15, 0.2) is 11.5 Å². The molecule has 1 atom stereocenters. The number of carbonyl (C=O) groups excluding carboxylic acids is 1. The Labute approximate surface area is 162 Å². The third kappa shape index (κ3) is 3.95. The van der Waals surface area contributed by atoms with Crippen LogP contribution >= 0.6 is 11.3 Å². The summed E-state index contributed by atoms with van der Waals surface area (Å²) in [5.41, 5.74) is 2.41. The first-order valence-corrected chi connectivity index (χ1v) is 9.80. The monoisotopic (exact) mass is 380 g/mol. The van der Waals surface area contributed by atoms with Crippen LogP contribution < -0.4 is 14.8 Å². The van der Waals surface area contributed by atoms with Gasteiger partial charge in [-0.3, -0.25) is 4.79 Å². The molecule has 1 aromatic heterocycles. The zero-order valence-electron chi connectivity index (χ0n) is 15.0. The Hall–Kier alpha value is -2.86. The predicted octanol–water partition coefficient (Wildman–Crippen LogP) is 4.46. The number of amides is 1. The van der Waals surface area contributed by atoms with Crippen molar-refractivity contribution in [2.45, 2.75) is 19.4 Å². The molecule has 1 N–H and O–H groups in total. The highest BCUT2D eigenvalue weighted by Crippen LogP contribution is 2.32. The number of fused-ring (bicyclic) bond motifs is 1. The first-order chi connectivity index (χ1) is 13.2. The Bertz CT molecular complexity index is 940. The van der Waals surface area contributed by atoms with Crippen LogP contribution in [0.15, 0.2) is 53.9 Å². The molecule has 3 aromatic rings. The Morgan fingerprint density at radius 2 is 1.89 bits per heavy atom. The highest BCUT2D eigenvalue weighted by molar-refractivity contribution is 7.13. The van der Waals surface area contributed by atoms with E-state index in [1.165, 1.54) is 11.3 Å². The van der Waals surface area contributed by atoms with Crippen LogP contribution in [-0.2, 0) is 0 Å². The molecule has 6 heteroatoms. The van der Waals surface area contributed by atoms with Crippen molar-refractivity contribution in [3.05, 3.63) is 65.2 Å². The van der Waals surface area contributed by atoms with Crippen molar-refractivity contribution in [3.63, 3.8) is 0 Å². The Balaban J connectivity index is 1.47. The van der Waals surface area contributed by atoms with Gasteiger partial charge in [0.05, 0.1) is 19.3 Å². The molecule has 4 rings (SSSR count). The fourth-order valence-electron chi connectivity index (χ4n) is 2.89. The molecule has 138 valence electrons. The number of carbonyl (C=O) groups is 1. The largest absolute Gasteiger partial charge is 0.490 e. The fraction of sp³-hybridized carbons (Fsp3) is 0.238.